The molecule has 0 amide bonds. The number of nitrogens with zero attached hydrogens (tertiary/aromatic N) is 1. The SMILES string of the molecule is CC(C)NCC(C)N1c2ccccc2CCC1C. The smallest absolute Gasteiger partial charge is 0.0404 e. The van der Waals surface area contributed by atoms with Gasteiger partial charge in [0.05, 0.1) is 0 Å². The summed E-state index contributed by atoms with van der Waals surface area (Å²) in [4.78, 5) is 2.59. The first kappa shape index (κ1) is 13.4. The highest BCUT2D eigenvalue weighted by Gasteiger charge is 2.26. The van der Waals surface area contributed by atoms with E-state index in [0.29, 0.717) is 18.1 Å². The predicted molar refractivity (Wildman–Crippen MR) is 79.3 cm³/mol. The molecule has 1 heterocycles. The molecule has 0 saturated heterocycles. The highest BCUT2D eigenvalue weighted by molar-refractivity contribution is 5.57. The van der Waals surface area contributed by atoms with E-state index in [9.17, 15) is 0 Å². The van der Waals surface area contributed by atoms with Crippen LogP contribution in [0.2, 0.25) is 0 Å². The predicted octanol–water partition coefficient (Wildman–Crippen LogP) is 3.21. The molecule has 2 atom stereocenters. The molecule has 2 nitrogen and oxygen atoms in total. The lowest BCUT2D eigenvalue weighted by molar-refractivity contribution is 0.461. The topological polar surface area (TPSA) is 15.3 Å². The summed E-state index contributed by atoms with van der Waals surface area (Å²) in [5.74, 6) is 0. The molecule has 2 rings (SSSR count). The zero-order valence-corrected chi connectivity index (χ0v) is 12.1. The molecule has 0 fully saturated rings. The quantitative estimate of drug-likeness (QED) is 0.877. The summed E-state index contributed by atoms with van der Waals surface area (Å²) in [7, 11) is 0. The van der Waals surface area contributed by atoms with Gasteiger partial charge >= 0.3 is 0 Å². The zero-order chi connectivity index (χ0) is 13.1. The van der Waals surface area contributed by atoms with E-state index in [1.807, 2.05) is 0 Å². The Morgan fingerprint density at radius 2 is 2.00 bits per heavy atom. The van der Waals surface area contributed by atoms with Crippen LogP contribution in [-0.4, -0.2) is 24.7 Å². The number of nitrogens with one attached hydrogen (secondary N) is 1. The van der Waals surface area contributed by atoms with E-state index in [2.05, 4.69) is 62.2 Å². The number of rotatable bonds is 4. The average molecular weight is 246 g/mol. The second-order valence-corrected chi connectivity index (χ2v) is 5.84. The van der Waals surface area contributed by atoms with E-state index >= 15 is 0 Å². The maximum atomic E-state index is 3.55. The molecule has 2 heteroatoms. The Kier molecular flexibility index (Phi) is 4.28. The summed E-state index contributed by atoms with van der Waals surface area (Å²) >= 11 is 0. The third kappa shape index (κ3) is 2.86. The van der Waals surface area contributed by atoms with E-state index in [-0.39, 0.29) is 0 Å². The van der Waals surface area contributed by atoms with Gasteiger partial charge in [-0.1, -0.05) is 32.0 Å². The van der Waals surface area contributed by atoms with Crippen LogP contribution in [0.1, 0.15) is 39.7 Å². The molecule has 0 bridgehead atoms. The summed E-state index contributed by atoms with van der Waals surface area (Å²) < 4.78 is 0. The van der Waals surface area contributed by atoms with Crippen LogP contribution in [0, 0.1) is 0 Å². The normalized spacial score (nSPS) is 20.9. The monoisotopic (exact) mass is 246 g/mol. The van der Waals surface area contributed by atoms with Crippen LogP contribution < -0.4 is 10.2 Å². The minimum atomic E-state index is 0.545. The largest absolute Gasteiger partial charge is 0.365 e. The van der Waals surface area contributed by atoms with Crippen molar-refractivity contribution in [1.29, 1.82) is 0 Å². The van der Waals surface area contributed by atoms with Crippen LogP contribution in [0.15, 0.2) is 24.3 Å². The number of anilines is 1. The molecular weight excluding hydrogens is 220 g/mol. The van der Waals surface area contributed by atoms with E-state index in [1.165, 1.54) is 24.1 Å². The molecule has 0 spiro atoms. The fraction of sp³-hybridized carbons (Fsp3) is 0.625. The lowest BCUT2D eigenvalue weighted by atomic mass is 9.95. The Bertz CT molecular complexity index is 386. The fourth-order valence-corrected chi connectivity index (χ4v) is 2.89. The highest BCUT2D eigenvalue weighted by atomic mass is 15.2. The van der Waals surface area contributed by atoms with Crippen LogP contribution in [0.3, 0.4) is 0 Å². The molecular formula is C16H26N2. The van der Waals surface area contributed by atoms with Crippen molar-refractivity contribution in [2.24, 2.45) is 0 Å². The molecule has 1 aromatic rings. The number of aryl methyl sites for hydroxylation is 1. The Labute approximate surface area is 111 Å². The van der Waals surface area contributed by atoms with Gasteiger partial charge in [0, 0.05) is 30.4 Å². The lowest BCUT2D eigenvalue weighted by Crippen LogP contribution is -2.48. The molecule has 1 aliphatic heterocycles. The molecule has 0 aliphatic carbocycles. The molecule has 1 aliphatic rings. The van der Waals surface area contributed by atoms with E-state index in [4.69, 9.17) is 0 Å². The van der Waals surface area contributed by atoms with Crippen LogP contribution in [-0.2, 0) is 6.42 Å². The molecule has 18 heavy (non-hydrogen) atoms. The van der Waals surface area contributed by atoms with Crippen LogP contribution in [0.5, 0.6) is 0 Å². The standard InChI is InChI=1S/C16H26N2/c1-12(2)17-11-14(4)18-13(3)9-10-15-7-5-6-8-16(15)18/h5-8,12-14,17H,9-11H2,1-4H3. The first-order valence-corrected chi connectivity index (χ1v) is 7.19. The van der Waals surface area contributed by atoms with Crippen molar-refractivity contribution in [3.8, 4) is 0 Å². The molecule has 1 N–H and O–H groups in total. The van der Waals surface area contributed by atoms with Crippen LogP contribution in [0.25, 0.3) is 0 Å². The van der Waals surface area contributed by atoms with Crippen molar-refractivity contribution in [1.82, 2.24) is 5.32 Å². The van der Waals surface area contributed by atoms with Crippen molar-refractivity contribution >= 4 is 5.69 Å². The second-order valence-electron chi connectivity index (χ2n) is 5.84. The molecule has 0 saturated carbocycles. The van der Waals surface area contributed by atoms with Gasteiger partial charge in [-0.3, -0.25) is 0 Å². The van der Waals surface area contributed by atoms with Gasteiger partial charge in [0.1, 0.15) is 0 Å². The number of fused-ring (bicyclic) bond motifs is 1. The van der Waals surface area contributed by atoms with Crippen LogP contribution >= 0.6 is 0 Å². The van der Waals surface area contributed by atoms with Gasteiger partial charge < -0.3 is 10.2 Å². The number of benzene rings is 1. The van der Waals surface area contributed by atoms with E-state index < -0.39 is 0 Å². The maximum absolute atomic E-state index is 3.55. The lowest BCUT2D eigenvalue weighted by Gasteiger charge is -2.41. The van der Waals surface area contributed by atoms with Crippen molar-refractivity contribution in [3.63, 3.8) is 0 Å². The minimum absolute atomic E-state index is 0.545. The van der Waals surface area contributed by atoms with Crippen molar-refractivity contribution in [2.75, 3.05) is 11.4 Å². The number of hydrogen-bond acceptors (Lipinski definition) is 2. The fourth-order valence-electron chi connectivity index (χ4n) is 2.89. The van der Waals surface area contributed by atoms with Gasteiger partial charge in [-0.05, 0) is 38.3 Å². The van der Waals surface area contributed by atoms with Crippen molar-refractivity contribution in [3.05, 3.63) is 29.8 Å². The van der Waals surface area contributed by atoms with Gasteiger partial charge in [-0.25, -0.2) is 0 Å². The first-order valence-electron chi connectivity index (χ1n) is 7.19. The molecule has 0 radical (unpaired) electrons. The second kappa shape index (κ2) is 5.75. The highest BCUT2D eigenvalue weighted by Crippen LogP contribution is 2.31. The Morgan fingerprint density at radius 3 is 2.72 bits per heavy atom. The van der Waals surface area contributed by atoms with Crippen LogP contribution in [0.4, 0.5) is 5.69 Å². The Morgan fingerprint density at radius 1 is 1.28 bits per heavy atom. The van der Waals surface area contributed by atoms with E-state index in [1.54, 1.807) is 0 Å². The molecule has 1 aromatic carbocycles. The van der Waals surface area contributed by atoms with Gasteiger partial charge in [-0.2, -0.15) is 0 Å². The van der Waals surface area contributed by atoms with Gasteiger partial charge in [0.15, 0.2) is 0 Å². The zero-order valence-electron chi connectivity index (χ0n) is 12.1. The first-order chi connectivity index (χ1) is 8.59. The summed E-state index contributed by atoms with van der Waals surface area (Å²) in [6, 6.07) is 10.6. The summed E-state index contributed by atoms with van der Waals surface area (Å²) in [5, 5.41) is 3.55. The van der Waals surface area contributed by atoms with Gasteiger partial charge in [0.25, 0.3) is 0 Å². The average Bonchev–Trinajstić information content (AvgIpc) is 2.36. The summed E-state index contributed by atoms with van der Waals surface area (Å²) in [6.07, 6.45) is 2.49. The third-order valence-corrected chi connectivity index (χ3v) is 3.87. The summed E-state index contributed by atoms with van der Waals surface area (Å²) in [6.45, 7) is 10.1. The number of hydrogen-bond donors (Lipinski definition) is 1. The molecule has 2 unspecified atom stereocenters. The van der Waals surface area contributed by atoms with E-state index in [0.717, 1.165) is 6.54 Å². The summed E-state index contributed by atoms with van der Waals surface area (Å²) in [5.41, 5.74) is 2.95. The Balaban J connectivity index is 2.15. The van der Waals surface area contributed by atoms with Crippen molar-refractivity contribution < 1.29 is 0 Å². The van der Waals surface area contributed by atoms with Gasteiger partial charge in [-0.15, -0.1) is 0 Å². The number of para-hydroxylation sites is 1. The molecule has 0 aromatic heterocycles. The third-order valence-electron chi connectivity index (χ3n) is 3.87. The Hall–Kier alpha value is -1.02. The van der Waals surface area contributed by atoms with Crippen molar-refractivity contribution in [2.45, 2.75) is 58.7 Å². The minimum Gasteiger partial charge on any atom is -0.365 e. The maximum Gasteiger partial charge on any atom is 0.0404 e. The molecule has 100 valence electrons. The van der Waals surface area contributed by atoms with Gasteiger partial charge in [0.2, 0.25) is 0 Å².